The van der Waals surface area contributed by atoms with Crippen molar-refractivity contribution < 1.29 is 4.74 Å². The maximum Gasteiger partial charge on any atom is 0.213 e. The summed E-state index contributed by atoms with van der Waals surface area (Å²) >= 11 is 2.06. The number of nitrogens with zero attached hydrogens (tertiary/aromatic N) is 4. The molecule has 22 heavy (non-hydrogen) atoms. The topological polar surface area (TPSA) is 43.2 Å². The first-order valence-corrected chi connectivity index (χ1v) is 8.61. The number of aromatic nitrogens is 3. The fourth-order valence-electron chi connectivity index (χ4n) is 3.38. The predicted molar refractivity (Wildman–Crippen MR) is 86.9 cm³/mol. The van der Waals surface area contributed by atoms with Crippen molar-refractivity contribution in [2.75, 3.05) is 18.8 Å². The van der Waals surface area contributed by atoms with Crippen LogP contribution >= 0.6 is 11.8 Å². The molecule has 0 saturated carbocycles. The zero-order chi connectivity index (χ0) is 15.0. The van der Waals surface area contributed by atoms with Crippen LogP contribution in [0.25, 0.3) is 0 Å². The fraction of sp³-hybridized carbons (Fsp3) is 0.500. The van der Waals surface area contributed by atoms with E-state index in [1.54, 1.807) is 6.20 Å². The van der Waals surface area contributed by atoms with Crippen molar-refractivity contribution in [3.63, 3.8) is 0 Å². The lowest BCUT2D eigenvalue weighted by molar-refractivity contribution is 0.0908. The molecule has 0 bridgehead atoms. The van der Waals surface area contributed by atoms with Gasteiger partial charge in [0.1, 0.15) is 6.10 Å². The van der Waals surface area contributed by atoms with Crippen molar-refractivity contribution >= 4 is 11.8 Å². The van der Waals surface area contributed by atoms with Gasteiger partial charge in [0.25, 0.3) is 0 Å². The number of ether oxygens (including phenoxy) is 1. The first kappa shape index (κ1) is 14.1. The zero-order valence-corrected chi connectivity index (χ0v) is 13.5. The van der Waals surface area contributed by atoms with Gasteiger partial charge in [0.15, 0.2) is 0 Å². The van der Waals surface area contributed by atoms with Crippen molar-refractivity contribution in [3.8, 4) is 5.88 Å². The highest BCUT2D eigenvalue weighted by molar-refractivity contribution is 8.01. The second kappa shape index (κ2) is 5.59. The summed E-state index contributed by atoms with van der Waals surface area (Å²) in [6, 6.07) is 5.82. The Morgan fingerprint density at radius 1 is 1.41 bits per heavy atom. The number of likely N-dealkylation sites (tertiary alicyclic amines) is 1. The van der Waals surface area contributed by atoms with Crippen LogP contribution in [-0.4, -0.2) is 49.4 Å². The number of thioether (sulfide) groups is 1. The number of aryl methyl sites for hydroxylation is 1. The highest BCUT2D eigenvalue weighted by Gasteiger charge is 2.49. The minimum atomic E-state index is 0.292. The Balaban J connectivity index is 1.29. The maximum atomic E-state index is 6.00. The first-order valence-electron chi connectivity index (χ1n) is 7.62. The van der Waals surface area contributed by atoms with Crippen molar-refractivity contribution in [1.29, 1.82) is 0 Å². The third-order valence-corrected chi connectivity index (χ3v) is 5.86. The molecule has 2 fully saturated rings. The van der Waals surface area contributed by atoms with Gasteiger partial charge >= 0.3 is 0 Å². The highest BCUT2D eigenvalue weighted by atomic mass is 32.2. The first-order chi connectivity index (χ1) is 10.7. The van der Waals surface area contributed by atoms with Crippen molar-refractivity contribution in [1.82, 2.24) is 19.7 Å². The van der Waals surface area contributed by atoms with Gasteiger partial charge < -0.3 is 4.74 Å². The standard InChI is InChI=1S/C16H20N4OS/c1-19-8-13(7-18-19)9-20-11-16(12-20)6-14(10-22-16)21-15-4-2-3-5-17-15/h2-5,7-8,14H,6,9-12H2,1H3. The van der Waals surface area contributed by atoms with E-state index < -0.39 is 0 Å². The molecule has 1 spiro atoms. The van der Waals surface area contributed by atoms with Gasteiger partial charge in [0.2, 0.25) is 5.88 Å². The molecule has 0 aromatic carbocycles. The summed E-state index contributed by atoms with van der Waals surface area (Å²) in [7, 11) is 1.97. The molecule has 0 aliphatic carbocycles. The molecule has 2 aliphatic rings. The predicted octanol–water partition coefficient (Wildman–Crippen LogP) is 1.95. The van der Waals surface area contributed by atoms with Crippen LogP contribution in [0.3, 0.4) is 0 Å². The summed E-state index contributed by atoms with van der Waals surface area (Å²) in [5.74, 6) is 1.81. The molecule has 4 rings (SSSR count). The Hall–Kier alpha value is -1.53. The summed E-state index contributed by atoms with van der Waals surface area (Å²) < 4.78 is 8.26. The van der Waals surface area contributed by atoms with Gasteiger partial charge in [-0.15, -0.1) is 11.8 Å². The summed E-state index contributed by atoms with van der Waals surface area (Å²) in [4.78, 5) is 6.75. The Morgan fingerprint density at radius 3 is 3.05 bits per heavy atom. The van der Waals surface area contributed by atoms with Crippen LogP contribution in [0.15, 0.2) is 36.8 Å². The van der Waals surface area contributed by atoms with E-state index in [-0.39, 0.29) is 0 Å². The van der Waals surface area contributed by atoms with E-state index in [2.05, 4.69) is 32.9 Å². The zero-order valence-electron chi connectivity index (χ0n) is 12.7. The molecule has 6 heteroatoms. The van der Waals surface area contributed by atoms with Gasteiger partial charge in [-0.3, -0.25) is 9.58 Å². The second-order valence-corrected chi connectivity index (χ2v) is 7.76. The van der Waals surface area contributed by atoms with Crippen molar-refractivity contribution in [3.05, 3.63) is 42.4 Å². The lowest BCUT2D eigenvalue weighted by Crippen LogP contribution is -2.58. The van der Waals surface area contributed by atoms with Crippen LogP contribution in [0.1, 0.15) is 12.0 Å². The summed E-state index contributed by atoms with van der Waals surface area (Å²) in [5.41, 5.74) is 1.29. The second-order valence-electron chi connectivity index (χ2n) is 6.27. The van der Waals surface area contributed by atoms with E-state index in [9.17, 15) is 0 Å². The van der Waals surface area contributed by atoms with Crippen LogP contribution in [-0.2, 0) is 13.6 Å². The van der Waals surface area contributed by atoms with Gasteiger partial charge in [0, 0.05) is 67.6 Å². The van der Waals surface area contributed by atoms with E-state index >= 15 is 0 Å². The van der Waals surface area contributed by atoms with E-state index in [0.29, 0.717) is 10.9 Å². The van der Waals surface area contributed by atoms with E-state index in [0.717, 1.165) is 37.7 Å². The molecule has 2 aliphatic heterocycles. The van der Waals surface area contributed by atoms with E-state index in [1.807, 2.05) is 36.1 Å². The van der Waals surface area contributed by atoms with Crippen LogP contribution < -0.4 is 4.74 Å². The maximum absolute atomic E-state index is 6.00. The van der Waals surface area contributed by atoms with E-state index in [1.165, 1.54) is 5.56 Å². The number of rotatable bonds is 4. The lowest BCUT2D eigenvalue weighted by Gasteiger charge is -2.47. The van der Waals surface area contributed by atoms with Crippen molar-refractivity contribution in [2.45, 2.75) is 23.8 Å². The molecule has 0 radical (unpaired) electrons. The lowest BCUT2D eigenvalue weighted by atomic mass is 9.92. The molecule has 116 valence electrons. The van der Waals surface area contributed by atoms with Gasteiger partial charge in [-0.2, -0.15) is 5.10 Å². The van der Waals surface area contributed by atoms with Crippen LogP contribution in [0.4, 0.5) is 0 Å². The highest BCUT2D eigenvalue weighted by Crippen LogP contribution is 2.46. The quantitative estimate of drug-likeness (QED) is 0.862. The number of hydrogen-bond donors (Lipinski definition) is 0. The third-order valence-electron chi connectivity index (χ3n) is 4.29. The molecule has 1 atom stereocenters. The number of pyridine rings is 1. The van der Waals surface area contributed by atoms with Crippen LogP contribution in [0.5, 0.6) is 5.88 Å². The minimum absolute atomic E-state index is 0.292. The molecule has 2 aromatic rings. The molecule has 2 aromatic heterocycles. The van der Waals surface area contributed by atoms with E-state index in [4.69, 9.17) is 4.74 Å². The molecule has 5 nitrogen and oxygen atoms in total. The Bertz CT molecular complexity index is 639. The summed E-state index contributed by atoms with van der Waals surface area (Å²) in [6.07, 6.45) is 7.25. The Kier molecular flexibility index (Phi) is 3.58. The monoisotopic (exact) mass is 316 g/mol. The van der Waals surface area contributed by atoms with Crippen LogP contribution in [0.2, 0.25) is 0 Å². The molecule has 2 saturated heterocycles. The van der Waals surface area contributed by atoms with Gasteiger partial charge in [-0.25, -0.2) is 4.98 Å². The molecular formula is C16H20N4OS. The molecule has 4 heterocycles. The molecule has 0 N–H and O–H groups in total. The summed E-state index contributed by atoms with van der Waals surface area (Å²) in [6.45, 7) is 3.30. The average Bonchev–Trinajstić information content (AvgIpc) is 3.07. The van der Waals surface area contributed by atoms with Gasteiger partial charge in [0.05, 0.1) is 6.20 Å². The van der Waals surface area contributed by atoms with Gasteiger partial charge in [-0.1, -0.05) is 6.07 Å². The minimum Gasteiger partial charge on any atom is -0.473 e. The normalized spacial score (nSPS) is 23.6. The average molecular weight is 316 g/mol. The smallest absolute Gasteiger partial charge is 0.213 e. The van der Waals surface area contributed by atoms with Crippen molar-refractivity contribution in [2.24, 2.45) is 7.05 Å². The molecular weight excluding hydrogens is 296 g/mol. The SMILES string of the molecule is Cn1cc(CN2CC3(CC(Oc4ccccn4)CS3)C2)cn1. The van der Waals surface area contributed by atoms with Gasteiger partial charge in [-0.05, 0) is 6.07 Å². The largest absolute Gasteiger partial charge is 0.473 e. The number of hydrogen-bond acceptors (Lipinski definition) is 5. The third kappa shape index (κ3) is 2.85. The Morgan fingerprint density at radius 2 is 2.32 bits per heavy atom. The van der Waals surface area contributed by atoms with Crippen LogP contribution in [0, 0.1) is 0 Å². The molecule has 0 amide bonds. The fourth-order valence-corrected chi connectivity index (χ4v) is 4.96. The Labute approximate surface area is 134 Å². The summed E-state index contributed by atoms with van der Waals surface area (Å²) in [5, 5.41) is 4.23. The molecule has 1 unspecified atom stereocenters.